The number of nitrogens with one attached hydrogen (secondary N) is 1. The Balaban J connectivity index is 1.29. The number of aryl methyl sites for hydroxylation is 2. The van der Waals surface area contributed by atoms with Crippen molar-refractivity contribution in [1.82, 2.24) is 9.88 Å². The summed E-state index contributed by atoms with van der Waals surface area (Å²) in [6.07, 6.45) is 10.7. The Kier molecular flexibility index (Phi) is 5.21. The molecular formula is C31H36N2O2. The third-order valence-electron chi connectivity index (χ3n) is 8.94. The van der Waals surface area contributed by atoms with Gasteiger partial charge in [0, 0.05) is 23.7 Å². The lowest BCUT2D eigenvalue weighted by Crippen LogP contribution is -2.65. The van der Waals surface area contributed by atoms with Gasteiger partial charge in [-0.15, -0.1) is 0 Å². The zero-order valence-corrected chi connectivity index (χ0v) is 21.0. The fourth-order valence-electron chi connectivity index (χ4n) is 8.69. The molecule has 4 heteroatoms. The molecule has 7 rings (SSSR count). The van der Waals surface area contributed by atoms with E-state index < -0.39 is 0 Å². The van der Waals surface area contributed by atoms with Crippen molar-refractivity contribution in [3.63, 3.8) is 0 Å². The van der Waals surface area contributed by atoms with E-state index in [9.17, 15) is 9.59 Å². The van der Waals surface area contributed by atoms with Crippen molar-refractivity contribution in [2.45, 2.75) is 77.3 Å². The van der Waals surface area contributed by atoms with E-state index in [2.05, 4.69) is 48.0 Å². The summed E-state index contributed by atoms with van der Waals surface area (Å²) in [5.74, 6) is 0.500. The van der Waals surface area contributed by atoms with E-state index in [1.807, 2.05) is 36.5 Å². The number of carbonyl (C=O) groups is 1. The third kappa shape index (κ3) is 4.11. The molecule has 4 saturated carbocycles. The quantitative estimate of drug-likeness (QED) is 0.474. The number of benzene rings is 2. The number of hydrogen-bond acceptors (Lipinski definition) is 2. The molecule has 4 nitrogen and oxygen atoms in total. The van der Waals surface area contributed by atoms with Crippen LogP contribution in [-0.2, 0) is 13.0 Å². The fourth-order valence-corrected chi connectivity index (χ4v) is 8.69. The molecule has 1 N–H and O–H groups in total. The fraction of sp³-hybridized carbons (Fsp3) is 0.484. The van der Waals surface area contributed by atoms with Gasteiger partial charge in [-0.25, -0.2) is 0 Å². The van der Waals surface area contributed by atoms with Crippen LogP contribution in [0.3, 0.4) is 0 Å². The van der Waals surface area contributed by atoms with Gasteiger partial charge in [-0.2, -0.15) is 0 Å². The number of nitrogens with zero attached hydrogens (tertiary/aromatic N) is 1. The lowest BCUT2D eigenvalue weighted by atomic mass is 9.43. The van der Waals surface area contributed by atoms with Crippen LogP contribution in [0, 0.1) is 16.7 Å². The molecular weight excluding hydrogens is 432 g/mol. The van der Waals surface area contributed by atoms with E-state index in [0.29, 0.717) is 22.1 Å². The lowest BCUT2D eigenvalue weighted by Gasteiger charge is -2.65. The van der Waals surface area contributed by atoms with Crippen LogP contribution < -0.4 is 10.7 Å². The number of hydrogen-bond donors (Lipinski definition) is 1. The molecule has 0 spiro atoms. The number of pyridine rings is 1. The SMILES string of the molecule is CC12CC3CC(C)(C1)CC(NC(=O)c1cn(CCCc4ccccc4)c4ccccc4c1=O)(C3)C2. The Morgan fingerprint density at radius 2 is 1.63 bits per heavy atom. The second kappa shape index (κ2) is 8.08. The summed E-state index contributed by atoms with van der Waals surface area (Å²) < 4.78 is 2.11. The Bertz CT molecular complexity index is 1320. The molecule has 1 aromatic heterocycles. The van der Waals surface area contributed by atoms with Gasteiger partial charge in [0.2, 0.25) is 5.43 Å². The molecule has 0 aliphatic heterocycles. The van der Waals surface area contributed by atoms with Crippen LogP contribution in [0.15, 0.2) is 65.6 Å². The van der Waals surface area contributed by atoms with Crippen molar-refractivity contribution in [2.75, 3.05) is 0 Å². The minimum absolute atomic E-state index is 0.153. The molecule has 3 aromatic rings. The molecule has 2 atom stereocenters. The van der Waals surface area contributed by atoms with Gasteiger partial charge in [-0.1, -0.05) is 56.3 Å². The van der Waals surface area contributed by atoms with E-state index in [-0.39, 0.29) is 22.4 Å². The van der Waals surface area contributed by atoms with Crippen molar-refractivity contribution in [3.8, 4) is 0 Å². The van der Waals surface area contributed by atoms with Crippen molar-refractivity contribution < 1.29 is 4.79 Å². The largest absolute Gasteiger partial charge is 0.346 e. The van der Waals surface area contributed by atoms with Crippen molar-refractivity contribution >= 4 is 16.8 Å². The number of fused-ring (bicyclic) bond motifs is 1. The van der Waals surface area contributed by atoms with Crippen LogP contribution in [0.25, 0.3) is 10.9 Å². The Morgan fingerprint density at radius 3 is 2.34 bits per heavy atom. The number of para-hydroxylation sites is 1. The van der Waals surface area contributed by atoms with Crippen LogP contribution in [0.2, 0.25) is 0 Å². The molecule has 1 heterocycles. The average Bonchev–Trinajstić information content (AvgIpc) is 2.78. The molecule has 35 heavy (non-hydrogen) atoms. The number of aromatic nitrogens is 1. The predicted octanol–water partition coefficient (Wildman–Crippen LogP) is 6.11. The highest BCUT2D eigenvalue weighted by molar-refractivity contribution is 5.97. The first-order valence-corrected chi connectivity index (χ1v) is 13.2. The Hall–Kier alpha value is -2.88. The molecule has 4 bridgehead atoms. The van der Waals surface area contributed by atoms with Gasteiger partial charge in [-0.05, 0) is 85.8 Å². The van der Waals surface area contributed by atoms with Crippen molar-refractivity contribution in [1.29, 1.82) is 0 Å². The maximum absolute atomic E-state index is 13.7. The molecule has 0 saturated heterocycles. The summed E-state index contributed by atoms with van der Waals surface area (Å²) in [6, 6.07) is 18.2. The summed E-state index contributed by atoms with van der Waals surface area (Å²) in [6.45, 7) is 5.58. The highest BCUT2D eigenvalue weighted by Crippen LogP contribution is 2.66. The lowest BCUT2D eigenvalue weighted by molar-refractivity contribution is -0.114. The third-order valence-corrected chi connectivity index (χ3v) is 8.94. The molecule has 4 aliphatic rings. The maximum atomic E-state index is 13.7. The van der Waals surface area contributed by atoms with Gasteiger partial charge >= 0.3 is 0 Å². The van der Waals surface area contributed by atoms with Crippen LogP contribution in [0.5, 0.6) is 0 Å². The molecule has 4 aliphatic carbocycles. The van der Waals surface area contributed by atoms with Crippen molar-refractivity contribution in [3.05, 3.63) is 82.1 Å². The van der Waals surface area contributed by atoms with Gasteiger partial charge in [0.1, 0.15) is 5.56 Å². The van der Waals surface area contributed by atoms with Crippen LogP contribution in [0.4, 0.5) is 0 Å². The summed E-state index contributed by atoms with van der Waals surface area (Å²) >= 11 is 0. The highest BCUT2D eigenvalue weighted by atomic mass is 16.2. The summed E-state index contributed by atoms with van der Waals surface area (Å²) in [4.78, 5) is 27.2. The predicted molar refractivity (Wildman–Crippen MR) is 141 cm³/mol. The van der Waals surface area contributed by atoms with Crippen molar-refractivity contribution in [2.24, 2.45) is 16.7 Å². The molecule has 182 valence electrons. The highest BCUT2D eigenvalue weighted by Gasteiger charge is 2.60. The maximum Gasteiger partial charge on any atom is 0.257 e. The Morgan fingerprint density at radius 1 is 0.943 bits per heavy atom. The van der Waals surface area contributed by atoms with Gasteiger partial charge < -0.3 is 9.88 Å². The van der Waals surface area contributed by atoms with E-state index in [4.69, 9.17) is 0 Å². The first kappa shape index (κ1) is 22.6. The first-order chi connectivity index (χ1) is 16.8. The van der Waals surface area contributed by atoms with Crippen LogP contribution in [-0.4, -0.2) is 16.0 Å². The second-order valence-electron chi connectivity index (χ2n) is 12.5. The molecule has 4 fully saturated rings. The number of rotatable bonds is 6. The van der Waals surface area contributed by atoms with Crippen LogP contribution in [0.1, 0.15) is 74.7 Å². The van der Waals surface area contributed by atoms with Gasteiger partial charge in [0.15, 0.2) is 0 Å². The topological polar surface area (TPSA) is 51.1 Å². The standard InChI is InChI=1S/C31H36N2O2/c1-29-15-23-16-30(2,19-29)21-31(17-23,20-29)32-28(35)25-18-33(14-8-11-22-9-4-3-5-10-22)26-13-7-6-12-24(26)27(25)34/h3-7,9-10,12-13,18,23H,8,11,14-17,19-21H2,1-2H3,(H,32,35). The molecule has 1 amide bonds. The smallest absolute Gasteiger partial charge is 0.257 e. The van der Waals surface area contributed by atoms with Gasteiger partial charge in [0.25, 0.3) is 5.91 Å². The summed E-state index contributed by atoms with van der Waals surface area (Å²) in [7, 11) is 0. The summed E-state index contributed by atoms with van der Waals surface area (Å²) in [5.41, 5.74) is 2.78. The summed E-state index contributed by atoms with van der Waals surface area (Å²) in [5, 5.41) is 4.08. The Labute approximate surface area is 207 Å². The normalized spacial score (nSPS) is 31.1. The van der Waals surface area contributed by atoms with E-state index in [1.54, 1.807) is 0 Å². The first-order valence-electron chi connectivity index (χ1n) is 13.2. The molecule has 0 radical (unpaired) electrons. The average molecular weight is 469 g/mol. The molecule has 2 aromatic carbocycles. The van der Waals surface area contributed by atoms with Gasteiger partial charge in [-0.3, -0.25) is 9.59 Å². The zero-order chi connectivity index (χ0) is 24.3. The number of amides is 1. The van der Waals surface area contributed by atoms with E-state index in [0.717, 1.165) is 44.2 Å². The minimum Gasteiger partial charge on any atom is -0.346 e. The zero-order valence-electron chi connectivity index (χ0n) is 21.0. The van der Waals surface area contributed by atoms with Gasteiger partial charge in [0.05, 0.1) is 5.52 Å². The second-order valence-corrected chi connectivity index (χ2v) is 12.5. The minimum atomic E-state index is -0.188. The van der Waals surface area contributed by atoms with Crippen LogP contribution >= 0.6 is 0 Å². The number of carbonyl (C=O) groups excluding carboxylic acids is 1. The van der Waals surface area contributed by atoms with E-state index in [1.165, 1.54) is 24.8 Å². The monoisotopic (exact) mass is 468 g/mol. The molecule has 2 unspecified atom stereocenters. The van der Waals surface area contributed by atoms with E-state index >= 15 is 0 Å².